The van der Waals surface area contributed by atoms with Crippen LogP contribution in [-0.2, 0) is 6.54 Å². The smallest absolute Gasteiger partial charge is 0.249 e. The summed E-state index contributed by atoms with van der Waals surface area (Å²) in [6.07, 6.45) is 16.0. The van der Waals surface area contributed by atoms with Gasteiger partial charge in [0.15, 0.2) is 12.4 Å². The van der Waals surface area contributed by atoms with Crippen LogP contribution in [0.15, 0.2) is 24.5 Å². The van der Waals surface area contributed by atoms with Crippen LogP contribution in [0, 0.1) is 0 Å². The van der Waals surface area contributed by atoms with E-state index in [0.29, 0.717) is 5.56 Å². The largest absolute Gasteiger partial charge is 0.366 e. The molecule has 1 aromatic heterocycles. The van der Waals surface area contributed by atoms with E-state index in [0.717, 1.165) is 6.54 Å². The lowest BCUT2D eigenvalue weighted by molar-refractivity contribution is -0.697. The van der Waals surface area contributed by atoms with Gasteiger partial charge in [0, 0.05) is 18.6 Å². The van der Waals surface area contributed by atoms with E-state index >= 15 is 0 Å². The number of carbonyl (C=O) groups excluding carboxylic acids is 1. The van der Waals surface area contributed by atoms with Crippen molar-refractivity contribution in [1.29, 1.82) is 0 Å². The van der Waals surface area contributed by atoms with E-state index in [9.17, 15) is 4.79 Å². The van der Waals surface area contributed by atoms with Crippen molar-refractivity contribution in [3.63, 3.8) is 0 Å². The first-order valence-electron chi connectivity index (χ1n) is 8.03. The van der Waals surface area contributed by atoms with Gasteiger partial charge in [0.05, 0.1) is 5.56 Å². The molecule has 4 heteroatoms. The molecule has 120 valence electrons. The summed E-state index contributed by atoms with van der Waals surface area (Å²) in [5.41, 5.74) is 5.79. The molecule has 0 radical (unpaired) electrons. The monoisotopic (exact) mass is 357 g/mol. The Balaban J connectivity index is 0.00000400. The Morgan fingerprint density at radius 2 is 1.43 bits per heavy atom. The Hall–Kier alpha value is -0.900. The molecule has 1 heterocycles. The molecular weight excluding hydrogens is 328 g/mol. The summed E-state index contributed by atoms with van der Waals surface area (Å²) in [6, 6.07) is 3.58. The zero-order valence-electron chi connectivity index (χ0n) is 13.2. The summed E-state index contributed by atoms with van der Waals surface area (Å²) < 4.78 is 2.12. The Bertz CT molecular complexity index is 379. The van der Waals surface area contributed by atoms with E-state index in [-0.39, 0.29) is 22.9 Å². The minimum absolute atomic E-state index is 0. The fourth-order valence-electron chi connectivity index (χ4n) is 2.38. The number of nitrogens with zero attached hydrogens (tertiary/aromatic N) is 1. The number of pyridine rings is 1. The summed E-state index contributed by atoms with van der Waals surface area (Å²) in [4.78, 5) is 11.0. The maximum atomic E-state index is 11.0. The third-order valence-corrected chi connectivity index (χ3v) is 3.70. The molecule has 1 amide bonds. The fraction of sp³-hybridized carbons (Fsp3) is 0.647. The fourth-order valence-corrected chi connectivity index (χ4v) is 2.38. The number of amides is 1. The lowest BCUT2D eigenvalue weighted by Crippen LogP contribution is -2.33. The standard InChI is InChI=1S/C17H28N2O.BrH/c1-2-3-4-5-6-7-8-9-10-13-19-14-11-16(12-15-19)17(18)20;/h11-12,14-15H,2-10,13H2,1H3,(H-,18,20);1H/p+1. The second-order valence-electron chi connectivity index (χ2n) is 5.52. The number of aromatic nitrogens is 1. The molecule has 0 spiro atoms. The number of carbonyl (C=O) groups is 1. The molecule has 0 bridgehead atoms. The molecule has 2 N–H and O–H groups in total. The molecule has 0 aromatic carbocycles. The van der Waals surface area contributed by atoms with Crippen molar-refractivity contribution in [3.8, 4) is 0 Å². The molecule has 0 aliphatic carbocycles. The lowest BCUT2D eigenvalue weighted by atomic mass is 10.1. The van der Waals surface area contributed by atoms with E-state index in [4.69, 9.17) is 5.73 Å². The number of nitrogens with two attached hydrogens (primary N) is 1. The number of rotatable bonds is 11. The minimum atomic E-state index is -0.361. The number of hydrogen-bond donors (Lipinski definition) is 1. The first-order chi connectivity index (χ1) is 9.74. The van der Waals surface area contributed by atoms with Crippen LogP contribution >= 0.6 is 17.0 Å². The van der Waals surface area contributed by atoms with E-state index in [2.05, 4.69) is 11.5 Å². The normalized spacial score (nSPS) is 10.1. The Kier molecular flexibility index (Phi) is 12.3. The topological polar surface area (TPSA) is 47.0 Å². The van der Waals surface area contributed by atoms with Crippen molar-refractivity contribution >= 4 is 22.9 Å². The van der Waals surface area contributed by atoms with Crippen LogP contribution in [0.25, 0.3) is 0 Å². The number of unbranched alkanes of at least 4 members (excludes halogenated alkanes) is 8. The van der Waals surface area contributed by atoms with Gasteiger partial charge in [0.1, 0.15) is 6.54 Å². The van der Waals surface area contributed by atoms with Crippen molar-refractivity contribution in [2.45, 2.75) is 71.3 Å². The zero-order valence-corrected chi connectivity index (χ0v) is 14.9. The molecule has 0 fully saturated rings. The summed E-state index contributed by atoms with van der Waals surface area (Å²) in [5, 5.41) is 0. The molecule has 3 nitrogen and oxygen atoms in total. The summed E-state index contributed by atoms with van der Waals surface area (Å²) >= 11 is 0. The summed E-state index contributed by atoms with van der Waals surface area (Å²) in [5.74, 6) is -0.361. The predicted molar refractivity (Wildman–Crippen MR) is 92.7 cm³/mol. The average molecular weight is 358 g/mol. The number of primary amides is 1. The molecule has 0 atom stereocenters. The maximum absolute atomic E-state index is 11.0. The van der Waals surface area contributed by atoms with E-state index in [1.54, 1.807) is 12.1 Å². The van der Waals surface area contributed by atoms with Crippen molar-refractivity contribution in [3.05, 3.63) is 30.1 Å². The SMILES string of the molecule is Br.CCCCCCCCCCC[n+]1ccc(C(N)=O)cc1. The summed E-state index contributed by atoms with van der Waals surface area (Å²) in [6.45, 7) is 3.28. The van der Waals surface area contributed by atoms with Crippen LogP contribution in [0.4, 0.5) is 0 Å². The molecule has 0 aliphatic heterocycles. The van der Waals surface area contributed by atoms with Crippen molar-refractivity contribution in [2.75, 3.05) is 0 Å². The minimum Gasteiger partial charge on any atom is -0.366 e. The highest BCUT2D eigenvalue weighted by Crippen LogP contribution is 2.09. The van der Waals surface area contributed by atoms with Crippen molar-refractivity contribution < 1.29 is 9.36 Å². The second kappa shape index (κ2) is 12.8. The van der Waals surface area contributed by atoms with Crippen LogP contribution in [0.3, 0.4) is 0 Å². The van der Waals surface area contributed by atoms with Crippen LogP contribution in [0.1, 0.15) is 75.1 Å². The van der Waals surface area contributed by atoms with E-state index in [1.165, 1.54) is 57.8 Å². The maximum Gasteiger partial charge on any atom is 0.249 e. The van der Waals surface area contributed by atoms with Crippen molar-refractivity contribution in [1.82, 2.24) is 0 Å². The van der Waals surface area contributed by atoms with E-state index in [1.807, 2.05) is 12.4 Å². The Morgan fingerprint density at radius 1 is 0.952 bits per heavy atom. The van der Waals surface area contributed by atoms with Gasteiger partial charge in [-0.25, -0.2) is 4.57 Å². The van der Waals surface area contributed by atoms with Gasteiger partial charge in [-0.3, -0.25) is 4.79 Å². The van der Waals surface area contributed by atoms with Gasteiger partial charge in [-0.2, -0.15) is 0 Å². The average Bonchev–Trinajstić information content (AvgIpc) is 2.46. The number of aryl methyl sites for hydroxylation is 1. The van der Waals surface area contributed by atoms with Crippen LogP contribution in [-0.4, -0.2) is 5.91 Å². The zero-order chi connectivity index (χ0) is 14.6. The number of halogens is 1. The third kappa shape index (κ3) is 9.62. The molecule has 0 saturated carbocycles. The summed E-state index contributed by atoms with van der Waals surface area (Å²) in [7, 11) is 0. The molecular formula is C17H30BrN2O+. The molecule has 0 saturated heterocycles. The molecule has 21 heavy (non-hydrogen) atoms. The van der Waals surface area contributed by atoms with Gasteiger partial charge in [0.25, 0.3) is 0 Å². The second-order valence-corrected chi connectivity index (χ2v) is 5.52. The van der Waals surface area contributed by atoms with Gasteiger partial charge in [-0.05, 0) is 6.42 Å². The molecule has 0 aliphatic rings. The van der Waals surface area contributed by atoms with Crippen LogP contribution in [0.2, 0.25) is 0 Å². The first-order valence-corrected chi connectivity index (χ1v) is 8.03. The quantitative estimate of drug-likeness (QED) is 0.468. The number of hydrogen-bond acceptors (Lipinski definition) is 1. The highest BCUT2D eigenvalue weighted by Gasteiger charge is 2.04. The molecule has 0 unspecified atom stereocenters. The predicted octanol–water partition coefficient (Wildman–Crippen LogP) is 4.18. The van der Waals surface area contributed by atoms with Crippen molar-refractivity contribution in [2.24, 2.45) is 5.73 Å². The molecule has 1 aromatic rings. The van der Waals surface area contributed by atoms with Gasteiger partial charge < -0.3 is 5.73 Å². The van der Waals surface area contributed by atoms with Gasteiger partial charge >= 0.3 is 0 Å². The van der Waals surface area contributed by atoms with Crippen LogP contribution in [0.5, 0.6) is 0 Å². The highest BCUT2D eigenvalue weighted by molar-refractivity contribution is 8.93. The first kappa shape index (κ1) is 20.1. The molecule has 1 rings (SSSR count). The van der Waals surface area contributed by atoms with Gasteiger partial charge in [0.2, 0.25) is 5.91 Å². The Labute approximate surface area is 139 Å². The Morgan fingerprint density at radius 3 is 1.90 bits per heavy atom. The highest BCUT2D eigenvalue weighted by atomic mass is 79.9. The third-order valence-electron chi connectivity index (χ3n) is 3.70. The van der Waals surface area contributed by atoms with Gasteiger partial charge in [-0.15, -0.1) is 17.0 Å². The lowest BCUT2D eigenvalue weighted by Gasteiger charge is -2.01. The van der Waals surface area contributed by atoms with Crippen LogP contribution < -0.4 is 10.3 Å². The van der Waals surface area contributed by atoms with Gasteiger partial charge in [-0.1, -0.05) is 51.9 Å². The van der Waals surface area contributed by atoms with E-state index < -0.39 is 0 Å².